The van der Waals surface area contributed by atoms with Gasteiger partial charge >= 0.3 is 0 Å². The molecule has 1 atom stereocenters. The molecule has 0 aliphatic rings. The zero-order valence-corrected chi connectivity index (χ0v) is 17.5. The molecule has 2 aromatic heterocycles. The number of aromatic nitrogens is 3. The van der Waals surface area contributed by atoms with Gasteiger partial charge in [-0.25, -0.2) is 9.71 Å². The summed E-state index contributed by atoms with van der Waals surface area (Å²) in [5, 5.41) is 14.6. The van der Waals surface area contributed by atoms with Crippen LogP contribution in [-0.2, 0) is 13.0 Å². The van der Waals surface area contributed by atoms with Crippen LogP contribution in [0.3, 0.4) is 0 Å². The van der Waals surface area contributed by atoms with E-state index < -0.39 is 10.9 Å². The SMILES string of the molecule is C=S(N)NCc1nnc(Cc2nc3ccc(-c4ccccc4)cc3s2)o1.CC. The van der Waals surface area contributed by atoms with E-state index in [0.29, 0.717) is 24.7 Å². The summed E-state index contributed by atoms with van der Waals surface area (Å²) in [6.07, 6.45) is 0.520. The highest BCUT2D eigenvalue weighted by Gasteiger charge is 2.11. The molecule has 3 N–H and O–H groups in total. The van der Waals surface area contributed by atoms with Gasteiger partial charge in [-0.15, -0.1) is 21.5 Å². The third-order valence-corrected chi connectivity index (χ3v) is 5.29. The largest absolute Gasteiger partial charge is 0.423 e. The normalized spacial score (nSPS) is 11.8. The first-order chi connectivity index (χ1) is 13.7. The molecule has 0 amide bonds. The van der Waals surface area contributed by atoms with Crippen molar-refractivity contribution in [1.82, 2.24) is 19.9 Å². The van der Waals surface area contributed by atoms with E-state index in [1.54, 1.807) is 11.3 Å². The maximum atomic E-state index is 5.63. The van der Waals surface area contributed by atoms with E-state index in [0.717, 1.165) is 15.2 Å². The van der Waals surface area contributed by atoms with E-state index in [1.165, 1.54) is 11.1 Å². The lowest BCUT2D eigenvalue weighted by atomic mass is 10.1. The molecule has 6 nitrogen and oxygen atoms in total. The minimum Gasteiger partial charge on any atom is -0.423 e. The number of nitrogens with two attached hydrogens (primary N) is 1. The monoisotopic (exact) mass is 413 g/mol. The van der Waals surface area contributed by atoms with E-state index in [4.69, 9.17) is 9.56 Å². The second-order valence-corrected chi connectivity index (χ2v) is 7.93. The Hall–Kier alpha value is -2.39. The van der Waals surface area contributed by atoms with Crippen LogP contribution in [0.1, 0.15) is 30.6 Å². The van der Waals surface area contributed by atoms with Gasteiger partial charge in [0.2, 0.25) is 11.8 Å². The lowest BCUT2D eigenvalue weighted by molar-refractivity contribution is 0.455. The van der Waals surface area contributed by atoms with Gasteiger partial charge in [-0.3, -0.25) is 5.14 Å². The lowest BCUT2D eigenvalue weighted by Crippen LogP contribution is -2.10. The van der Waals surface area contributed by atoms with Crippen molar-refractivity contribution >= 4 is 38.3 Å². The molecule has 0 spiro atoms. The third-order valence-electron chi connectivity index (χ3n) is 3.76. The number of thiazole rings is 1. The van der Waals surface area contributed by atoms with E-state index in [2.05, 4.69) is 56.1 Å². The Morgan fingerprint density at radius 1 is 1.07 bits per heavy atom. The maximum absolute atomic E-state index is 5.63. The molecule has 2 heterocycles. The molecule has 8 heteroatoms. The van der Waals surface area contributed by atoms with Gasteiger partial charge in [-0.05, 0) is 29.1 Å². The molecule has 0 saturated carbocycles. The van der Waals surface area contributed by atoms with Crippen LogP contribution < -0.4 is 9.86 Å². The van der Waals surface area contributed by atoms with Gasteiger partial charge < -0.3 is 4.42 Å². The highest BCUT2D eigenvalue weighted by molar-refractivity contribution is 8.10. The first-order valence-corrected chi connectivity index (χ1v) is 11.2. The van der Waals surface area contributed by atoms with Gasteiger partial charge in [0.05, 0.1) is 23.2 Å². The Bertz CT molecular complexity index is 1060. The molecule has 2 aromatic carbocycles. The molecule has 4 rings (SSSR count). The third kappa shape index (κ3) is 5.11. The second kappa shape index (κ2) is 9.70. The summed E-state index contributed by atoms with van der Waals surface area (Å²) >= 11 is 1.65. The van der Waals surface area contributed by atoms with Gasteiger partial charge in [0.15, 0.2) is 0 Å². The molecule has 1 unspecified atom stereocenters. The first kappa shape index (κ1) is 20.3. The zero-order valence-electron chi connectivity index (χ0n) is 15.9. The summed E-state index contributed by atoms with van der Waals surface area (Å²) in [7, 11) is -0.612. The number of nitrogens with one attached hydrogen (secondary N) is 1. The summed E-state index contributed by atoms with van der Waals surface area (Å²) in [5.41, 5.74) is 3.36. The lowest BCUT2D eigenvalue weighted by Gasteiger charge is -2.00. The molecule has 0 radical (unpaired) electrons. The molecule has 0 fully saturated rings. The molecule has 28 heavy (non-hydrogen) atoms. The van der Waals surface area contributed by atoms with Crippen molar-refractivity contribution in [2.45, 2.75) is 26.8 Å². The standard InChI is InChI=1S/C18H17N5OS2.C2H6/c1-26(19)20-11-17-23-22-16(24-17)10-18-21-14-8-7-13(9-15(14)25-18)12-5-3-2-4-6-12;1-2/h2-9,20H,1,10-11,19H2;1-2H3. The van der Waals surface area contributed by atoms with Crippen molar-refractivity contribution in [3.63, 3.8) is 0 Å². The van der Waals surface area contributed by atoms with Crippen LogP contribution in [0.15, 0.2) is 52.9 Å². The van der Waals surface area contributed by atoms with Crippen LogP contribution in [-0.4, -0.2) is 21.1 Å². The molecule has 0 aliphatic carbocycles. The average molecular weight is 414 g/mol. The Labute approximate surface area is 171 Å². The summed E-state index contributed by atoms with van der Waals surface area (Å²) < 4.78 is 9.74. The number of fused-ring (bicyclic) bond motifs is 1. The number of hydrogen-bond acceptors (Lipinski definition) is 7. The number of rotatable bonds is 6. The summed E-state index contributed by atoms with van der Waals surface area (Å²) in [6, 6.07) is 16.6. The minimum absolute atomic E-state index is 0.413. The Kier molecular flexibility index (Phi) is 7.05. The molecular formula is C20H23N5OS2. The second-order valence-electron chi connectivity index (χ2n) is 5.67. The number of benzene rings is 2. The van der Waals surface area contributed by atoms with E-state index in [1.807, 2.05) is 32.0 Å². The van der Waals surface area contributed by atoms with Gasteiger partial charge in [-0.2, -0.15) is 0 Å². The van der Waals surface area contributed by atoms with E-state index in [9.17, 15) is 0 Å². The molecular weight excluding hydrogens is 390 g/mol. The van der Waals surface area contributed by atoms with Crippen molar-refractivity contribution in [3.05, 3.63) is 65.3 Å². The molecule has 0 bridgehead atoms. The Morgan fingerprint density at radius 3 is 2.57 bits per heavy atom. The van der Waals surface area contributed by atoms with Crippen LogP contribution in [0.4, 0.5) is 0 Å². The summed E-state index contributed by atoms with van der Waals surface area (Å²) in [5.74, 6) is 4.72. The van der Waals surface area contributed by atoms with Gasteiger partial charge in [-0.1, -0.05) is 61.1 Å². The van der Waals surface area contributed by atoms with Gasteiger partial charge in [0.1, 0.15) is 5.01 Å². The molecule has 4 aromatic rings. The van der Waals surface area contributed by atoms with Gasteiger partial charge in [0, 0.05) is 0 Å². The molecule has 146 valence electrons. The number of hydrogen-bond donors (Lipinski definition) is 2. The van der Waals surface area contributed by atoms with Crippen LogP contribution in [0.5, 0.6) is 0 Å². The van der Waals surface area contributed by atoms with E-state index >= 15 is 0 Å². The number of nitrogens with zero attached hydrogens (tertiary/aromatic N) is 3. The van der Waals surface area contributed by atoms with Crippen molar-refractivity contribution in [2.75, 3.05) is 0 Å². The van der Waals surface area contributed by atoms with Crippen molar-refractivity contribution in [1.29, 1.82) is 0 Å². The molecule has 0 aliphatic heterocycles. The van der Waals surface area contributed by atoms with Crippen LogP contribution in [0.25, 0.3) is 21.3 Å². The fraction of sp³-hybridized carbons (Fsp3) is 0.200. The van der Waals surface area contributed by atoms with Crippen molar-refractivity contribution in [2.24, 2.45) is 5.14 Å². The average Bonchev–Trinajstić information content (AvgIpc) is 3.34. The first-order valence-electron chi connectivity index (χ1n) is 8.95. The van der Waals surface area contributed by atoms with Crippen molar-refractivity contribution < 1.29 is 4.42 Å². The topological polar surface area (TPSA) is 89.9 Å². The van der Waals surface area contributed by atoms with Crippen molar-refractivity contribution in [3.8, 4) is 11.1 Å². The highest BCUT2D eigenvalue weighted by atomic mass is 32.2. The van der Waals surface area contributed by atoms with Gasteiger partial charge in [0.25, 0.3) is 0 Å². The predicted molar refractivity (Wildman–Crippen MR) is 119 cm³/mol. The highest BCUT2D eigenvalue weighted by Crippen LogP contribution is 2.29. The predicted octanol–water partition coefficient (Wildman–Crippen LogP) is 4.54. The van der Waals surface area contributed by atoms with Crippen LogP contribution >= 0.6 is 22.2 Å². The molecule has 0 saturated heterocycles. The zero-order chi connectivity index (χ0) is 19.9. The van der Waals surface area contributed by atoms with Crippen LogP contribution in [0.2, 0.25) is 0 Å². The van der Waals surface area contributed by atoms with Crippen LogP contribution in [0, 0.1) is 0 Å². The fourth-order valence-corrected chi connectivity index (χ4v) is 3.88. The minimum atomic E-state index is -0.612. The summed E-state index contributed by atoms with van der Waals surface area (Å²) in [6.45, 7) is 4.41. The maximum Gasteiger partial charge on any atom is 0.231 e. The smallest absolute Gasteiger partial charge is 0.231 e. The Balaban J connectivity index is 0.00000109. The summed E-state index contributed by atoms with van der Waals surface area (Å²) in [4.78, 5) is 4.67. The van der Waals surface area contributed by atoms with E-state index in [-0.39, 0.29) is 0 Å². The Morgan fingerprint density at radius 2 is 1.82 bits per heavy atom. The quantitative estimate of drug-likeness (QED) is 0.451. The fourth-order valence-electron chi connectivity index (χ4n) is 2.57.